The van der Waals surface area contributed by atoms with Crippen molar-refractivity contribution in [3.63, 3.8) is 0 Å². The van der Waals surface area contributed by atoms with Crippen LogP contribution in [0.25, 0.3) is 11.3 Å². The predicted molar refractivity (Wildman–Crippen MR) is 146 cm³/mol. The molecule has 11 heteroatoms. The average molecular weight is 556 g/mol. The summed E-state index contributed by atoms with van der Waals surface area (Å²) in [6.07, 6.45) is 4.26. The van der Waals surface area contributed by atoms with Gasteiger partial charge in [0, 0.05) is 36.5 Å². The maximum Gasteiger partial charge on any atom is 0.283 e. The van der Waals surface area contributed by atoms with Gasteiger partial charge in [-0.25, -0.2) is 14.1 Å². The number of carbonyl (C=O) groups excluding carboxylic acids is 1. The molecule has 3 aromatic rings. The van der Waals surface area contributed by atoms with Crippen LogP contribution in [0.4, 0.5) is 10.2 Å². The van der Waals surface area contributed by atoms with E-state index >= 15 is 0 Å². The fourth-order valence-corrected chi connectivity index (χ4v) is 6.30. The Kier molecular flexibility index (Phi) is 7.13. The topological polar surface area (TPSA) is 106 Å². The van der Waals surface area contributed by atoms with Gasteiger partial charge in [-0.2, -0.15) is 13.5 Å². The third-order valence-electron chi connectivity index (χ3n) is 7.20. The summed E-state index contributed by atoms with van der Waals surface area (Å²) in [5.41, 5.74) is 0.747. The summed E-state index contributed by atoms with van der Waals surface area (Å²) >= 11 is 0. The molecule has 0 spiro atoms. The Morgan fingerprint density at radius 3 is 2.77 bits per heavy atom. The molecule has 4 bridgehead atoms. The number of ether oxygens (including phenoxy) is 1. The SMILES string of the molecule is CC(C)COc1cc(F)cc(-c2ccc3c(n2)N2C[C@H](CCCn4ccc(n4)S(=O)(=O)NC3=O)CC2(C)C)c1. The van der Waals surface area contributed by atoms with E-state index in [0.29, 0.717) is 48.4 Å². The van der Waals surface area contributed by atoms with Gasteiger partial charge in [-0.15, -0.1) is 0 Å². The second kappa shape index (κ2) is 10.3. The normalized spacial score (nSPS) is 20.3. The summed E-state index contributed by atoms with van der Waals surface area (Å²) in [7, 11) is -4.19. The lowest BCUT2D eigenvalue weighted by Crippen LogP contribution is -2.41. The van der Waals surface area contributed by atoms with Gasteiger partial charge in [-0.3, -0.25) is 9.48 Å². The van der Waals surface area contributed by atoms with Crippen molar-refractivity contribution in [2.45, 2.75) is 64.1 Å². The van der Waals surface area contributed by atoms with Crippen LogP contribution >= 0.6 is 0 Å². The van der Waals surface area contributed by atoms with Crippen molar-refractivity contribution < 1.29 is 22.3 Å². The number of fused-ring (bicyclic) bond motifs is 6. The number of hydrogen-bond donors (Lipinski definition) is 1. The van der Waals surface area contributed by atoms with Crippen LogP contribution in [0.3, 0.4) is 0 Å². The van der Waals surface area contributed by atoms with Crippen LogP contribution in [-0.2, 0) is 16.6 Å². The minimum absolute atomic E-state index is 0.125. The highest BCUT2D eigenvalue weighted by molar-refractivity contribution is 7.90. The Hall–Kier alpha value is -3.47. The molecule has 1 aromatic carbocycles. The smallest absolute Gasteiger partial charge is 0.283 e. The molecule has 1 saturated heterocycles. The first-order valence-corrected chi connectivity index (χ1v) is 14.7. The zero-order chi connectivity index (χ0) is 27.9. The van der Waals surface area contributed by atoms with Crippen molar-refractivity contribution in [2.24, 2.45) is 11.8 Å². The molecule has 1 atom stereocenters. The van der Waals surface area contributed by atoms with Crippen LogP contribution in [0.2, 0.25) is 0 Å². The molecule has 5 rings (SSSR count). The van der Waals surface area contributed by atoms with Crippen molar-refractivity contribution >= 4 is 21.7 Å². The van der Waals surface area contributed by atoms with E-state index in [1.165, 1.54) is 18.2 Å². The molecule has 1 fully saturated rings. The Labute approximate surface area is 228 Å². The summed E-state index contributed by atoms with van der Waals surface area (Å²) in [4.78, 5) is 20.4. The Morgan fingerprint density at radius 1 is 1.21 bits per heavy atom. The van der Waals surface area contributed by atoms with Crippen molar-refractivity contribution in [3.8, 4) is 17.0 Å². The summed E-state index contributed by atoms with van der Waals surface area (Å²) in [5, 5.41) is 3.96. The van der Waals surface area contributed by atoms with E-state index in [2.05, 4.69) is 28.6 Å². The minimum Gasteiger partial charge on any atom is -0.493 e. The zero-order valence-corrected chi connectivity index (χ0v) is 23.5. The van der Waals surface area contributed by atoms with Crippen LogP contribution < -0.4 is 14.4 Å². The lowest BCUT2D eigenvalue weighted by atomic mass is 9.93. The number of sulfonamides is 1. The predicted octanol–water partition coefficient (Wildman–Crippen LogP) is 4.64. The van der Waals surface area contributed by atoms with Gasteiger partial charge < -0.3 is 9.64 Å². The summed E-state index contributed by atoms with van der Waals surface area (Å²) in [5.74, 6) is 0.131. The Bertz CT molecular complexity index is 1500. The maximum atomic E-state index is 14.6. The number of rotatable bonds is 4. The zero-order valence-electron chi connectivity index (χ0n) is 22.6. The van der Waals surface area contributed by atoms with Gasteiger partial charge in [0.1, 0.15) is 17.4 Å². The van der Waals surface area contributed by atoms with Crippen LogP contribution in [-0.4, -0.2) is 47.8 Å². The van der Waals surface area contributed by atoms with E-state index in [-0.39, 0.29) is 22.0 Å². The van der Waals surface area contributed by atoms with Gasteiger partial charge in [-0.1, -0.05) is 13.8 Å². The van der Waals surface area contributed by atoms with Crippen LogP contribution in [0.1, 0.15) is 57.3 Å². The number of amides is 1. The number of carbonyl (C=O) groups is 1. The average Bonchev–Trinajstić information content (AvgIpc) is 3.45. The second-order valence-electron chi connectivity index (χ2n) is 11.4. The molecule has 0 radical (unpaired) electrons. The van der Waals surface area contributed by atoms with Gasteiger partial charge in [0.05, 0.1) is 17.9 Å². The molecule has 208 valence electrons. The number of nitrogens with one attached hydrogen (secondary N) is 1. The molecule has 2 aliphatic rings. The second-order valence-corrected chi connectivity index (χ2v) is 13.1. The summed E-state index contributed by atoms with van der Waals surface area (Å²) in [6.45, 7) is 9.90. The molecule has 0 unspecified atom stereocenters. The van der Waals surface area contributed by atoms with Gasteiger partial charge >= 0.3 is 0 Å². The third-order valence-corrected chi connectivity index (χ3v) is 8.43. The lowest BCUT2D eigenvalue weighted by molar-refractivity contribution is 0.0981. The Balaban J connectivity index is 1.60. The first-order valence-electron chi connectivity index (χ1n) is 13.2. The molecule has 9 nitrogen and oxygen atoms in total. The largest absolute Gasteiger partial charge is 0.493 e. The van der Waals surface area contributed by atoms with Gasteiger partial charge in [0.15, 0.2) is 5.03 Å². The number of pyridine rings is 1. The third kappa shape index (κ3) is 5.78. The number of aryl methyl sites for hydroxylation is 1. The summed E-state index contributed by atoms with van der Waals surface area (Å²) in [6, 6.07) is 8.97. The number of benzene rings is 1. The van der Waals surface area contributed by atoms with Crippen LogP contribution in [0.15, 0.2) is 47.6 Å². The Morgan fingerprint density at radius 2 is 2.00 bits per heavy atom. The maximum absolute atomic E-state index is 14.6. The molecular weight excluding hydrogens is 521 g/mol. The standard InChI is InChI=1S/C28H34FN5O4S/c1-18(2)17-38-22-13-20(12-21(29)14-22)24-8-7-23-26(30-24)34-16-19(15-28(34,3)4)6-5-10-33-11-9-25(31-33)39(36,37)32-27(23)35/h7-9,11-14,18-19H,5-6,10,15-17H2,1-4H3,(H,32,35)/t19-/m1/s1. The monoisotopic (exact) mass is 555 g/mol. The van der Waals surface area contributed by atoms with Crippen LogP contribution in [0.5, 0.6) is 5.75 Å². The lowest BCUT2D eigenvalue weighted by Gasteiger charge is -2.34. The van der Waals surface area contributed by atoms with E-state index in [4.69, 9.17) is 9.72 Å². The van der Waals surface area contributed by atoms with E-state index in [1.807, 2.05) is 13.8 Å². The number of hydrogen-bond acceptors (Lipinski definition) is 7. The molecule has 2 aromatic heterocycles. The van der Waals surface area contributed by atoms with Gasteiger partial charge in [0.2, 0.25) is 0 Å². The highest BCUT2D eigenvalue weighted by Gasteiger charge is 2.41. The molecule has 1 N–H and O–H groups in total. The fourth-order valence-electron chi connectivity index (χ4n) is 5.38. The van der Waals surface area contributed by atoms with Crippen molar-refractivity contribution in [1.29, 1.82) is 0 Å². The number of halogens is 1. The fraction of sp³-hybridized carbons (Fsp3) is 0.464. The van der Waals surface area contributed by atoms with E-state index in [1.54, 1.807) is 29.1 Å². The van der Waals surface area contributed by atoms with Crippen LogP contribution in [0, 0.1) is 17.7 Å². The first-order chi connectivity index (χ1) is 18.4. The van der Waals surface area contributed by atoms with Crippen molar-refractivity contribution in [3.05, 3.63) is 54.0 Å². The highest BCUT2D eigenvalue weighted by Crippen LogP contribution is 2.40. The molecule has 39 heavy (non-hydrogen) atoms. The van der Waals surface area contributed by atoms with E-state index in [0.717, 1.165) is 19.3 Å². The number of aromatic nitrogens is 3. The quantitative estimate of drug-likeness (QED) is 0.500. The molecule has 1 amide bonds. The first kappa shape index (κ1) is 27.1. The molecule has 4 heterocycles. The van der Waals surface area contributed by atoms with Gasteiger partial charge in [0.25, 0.3) is 15.9 Å². The molecule has 0 aliphatic carbocycles. The molecule has 2 aliphatic heterocycles. The van der Waals surface area contributed by atoms with Gasteiger partial charge in [-0.05, 0) is 75.3 Å². The number of nitrogens with zero attached hydrogens (tertiary/aromatic N) is 4. The molecular formula is C28H34FN5O4S. The number of anilines is 1. The minimum atomic E-state index is -4.19. The van der Waals surface area contributed by atoms with Crippen molar-refractivity contribution in [1.82, 2.24) is 19.5 Å². The molecule has 0 saturated carbocycles. The highest BCUT2D eigenvalue weighted by atomic mass is 32.2. The summed E-state index contributed by atoms with van der Waals surface area (Å²) < 4.78 is 50.0. The van der Waals surface area contributed by atoms with Crippen molar-refractivity contribution in [2.75, 3.05) is 18.1 Å². The van der Waals surface area contributed by atoms with E-state index in [9.17, 15) is 17.6 Å². The van der Waals surface area contributed by atoms with E-state index < -0.39 is 21.7 Å².